The van der Waals surface area contributed by atoms with Crippen molar-refractivity contribution in [1.82, 2.24) is 4.98 Å². The molecule has 0 N–H and O–H groups in total. The number of nitrogens with zero attached hydrogens (tertiary/aromatic N) is 1. The minimum Gasteiger partial charge on any atom is -0.299 e. The summed E-state index contributed by atoms with van der Waals surface area (Å²) in [5.41, 5.74) is 1.07. The summed E-state index contributed by atoms with van der Waals surface area (Å²) < 4.78 is 0.928. The maximum absolute atomic E-state index is 11.9. The van der Waals surface area contributed by atoms with E-state index in [-0.39, 0.29) is 11.3 Å². The van der Waals surface area contributed by atoms with Crippen LogP contribution < -0.4 is 0 Å². The van der Waals surface area contributed by atoms with Gasteiger partial charge in [-0.3, -0.25) is 9.78 Å². The van der Waals surface area contributed by atoms with Gasteiger partial charge in [0.2, 0.25) is 0 Å². The zero-order valence-electron chi connectivity index (χ0n) is 8.96. The van der Waals surface area contributed by atoms with Gasteiger partial charge < -0.3 is 0 Å². The lowest BCUT2D eigenvalue weighted by Crippen LogP contribution is -2.10. The fourth-order valence-corrected chi connectivity index (χ4v) is 2.25. The zero-order valence-corrected chi connectivity index (χ0v) is 10.5. The lowest BCUT2D eigenvalue weighted by Gasteiger charge is -2.04. The van der Waals surface area contributed by atoms with Gasteiger partial charge >= 0.3 is 0 Å². The molecule has 80 valence electrons. The minimum atomic E-state index is 0.221. The molecule has 1 unspecified atom stereocenters. The smallest absolute Gasteiger partial charge is 0.142 e. The van der Waals surface area contributed by atoms with E-state index in [1.54, 1.807) is 6.20 Å². The van der Waals surface area contributed by atoms with Crippen LogP contribution in [0, 0.1) is 11.3 Å². The van der Waals surface area contributed by atoms with Gasteiger partial charge in [-0.15, -0.1) is 0 Å². The molecule has 1 aromatic heterocycles. The highest BCUT2D eigenvalue weighted by atomic mass is 79.9. The van der Waals surface area contributed by atoms with Gasteiger partial charge in [-0.2, -0.15) is 0 Å². The van der Waals surface area contributed by atoms with E-state index >= 15 is 0 Å². The molecule has 0 spiro atoms. The monoisotopic (exact) mass is 267 g/mol. The number of carbonyl (C=O) groups is 1. The Morgan fingerprint density at radius 2 is 2.33 bits per heavy atom. The summed E-state index contributed by atoms with van der Waals surface area (Å²) in [5.74, 6) is 0.561. The Morgan fingerprint density at radius 1 is 1.67 bits per heavy atom. The van der Waals surface area contributed by atoms with E-state index in [1.165, 1.54) is 0 Å². The van der Waals surface area contributed by atoms with E-state index < -0.39 is 0 Å². The lowest BCUT2D eigenvalue weighted by atomic mass is 10.0. The molecule has 3 heteroatoms. The van der Waals surface area contributed by atoms with Crippen LogP contribution in [0.3, 0.4) is 0 Å². The third-order valence-electron chi connectivity index (χ3n) is 3.08. The highest BCUT2D eigenvalue weighted by Crippen LogP contribution is 2.52. The predicted octanol–water partition coefficient (Wildman–Crippen LogP) is 3.00. The third-order valence-corrected chi connectivity index (χ3v) is 3.80. The zero-order chi connectivity index (χ0) is 11.1. The fourth-order valence-electron chi connectivity index (χ4n) is 1.85. The van der Waals surface area contributed by atoms with Crippen molar-refractivity contribution in [3.63, 3.8) is 0 Å². The Labute approximate surface area is 98.2 Å². The van der Waals surface area contributed by atoms with Crippen LogP contribution in [0.4, 0.5) is 0 Å². The Balaban J connectivity index is 2.05. The second kappa shape index (κ2) is 3.71. The van der Waals surface area contributed by atoms with Crippen LogP contribution in [0.1, 0.15) is 26.0 Å². The average molecular weight is 268 g/mol. The Hall–Kier alpha value is -0.700. The standard InChI is InChI=1S/C12H14BrNO/c1-12(2)7-8(12)11(15)6-10-9(13)4-3-5-14-10/h3-5,8H,6-7H2,1-2H3. The molecule has 1 saturated carbocycles. The van der Waals surface area contributed by atoms with Crippen LogP contribution >= 0.6 is 15.9 Å². The van der Waals surface area contributed by atoms with E-state index in [0.717, 1.165) is 16.6 Å². The fraction of sp³-hybridized carbons (Fsp3) is 0.500. The normalized spacial score (nSPS) is 22.5. The number of Topliss-reactive ketones (excluding diaryl/α,β-unsaturated/α-hetero) is 1. The molecule has 1 aliphatic rings. The number of rotatable bonds is 3. The Kier molecular flexibility index (Phi) is 2.67. The van der Waals surface area contributed by atoms with Crippen LogP contribution in [0.2, 0.25) is 0 Å². The van der Waals surface area contributed by atoms with Crippen molar-refractivity contribution in [2.45, 2.75) is 26.7 Å². The Morgan fingerprint density at radius 3 is 2.87 bits per heavy atom. The van der Waals surface area contributed by atoms with Gasteiger partial charge in [0.05, 0.1) is 12.1 Å². The SMILES string of the molecule is CC1(C)CC1C(=O)Cc1ncccc1Br. The Bertz CT molecular complexity index is 400. The highest BCUT2D eigenvalue weighted by Gasteiger charge is 2.49. The van der Waals surface area contributed by atoms with Crippen molar-refractivity contribution in [3.8, 4) is 0 Å². The quantitative estimate of drug-likeness (QED) is 0.843. The van der Waals surface area contributed by atoms with Gasteiger partial charge in [0, 0.05) is 16.6 Å². The first-order valence-electron chi connectivity index (χ1n) is 5.13. The molecule has 0 bridgehead atoms. The first-order valence-corrected chi connectivity index (χ1v) is 5.92. The maximum Gasteiger partial charge on any atom is 0.142 e. The second-order valence-electron chi connectivity index (χ2n) is 4.82. The molecule has 2 rings (SSSR count). The van der Waals surface area contributed by atoms with Crippen LogP contribution in [0.25, 0.3) is 0 Å². The van der Waals surface area contributed by atoms with Crippen molar-refractivity contribution in [2.24, 2.45) is 11.3 Å². The van der Waals surface area contributed by atoms with Gasteiger partial charge in [0.15, 0.2) is 0 Å². The van der Waals surface area contributed by atoms with Gasteiger partial charge in [-0.1, -0.05) is 13.8 Å². The average Bonchev–Trinajstić information content (AvgIpc) is 2.79. The summed E-state index contributed by atoms with van der Waals surface area (Å²) in [4.78, 5) is 16.1. The molecule has 0 saturated heterocycles. The van der Waals surface area contributed by atoms with Crippen LogP contribution in [0.15, 0.2) is 22.8 Å². The minimum absolute atomic E-state index is 0.221. The summed E-state index contributed by atoms with van der Waals surface area (Å²) in [7, 11) is 0. The van der Waals surface area contributed by atoms with Crippen molar-refractivity contribution in [1.29, 1.82) is 0 Å². The van der Waals surface area contributed by atoms with Crippen molar-refractivity contribution >= 4 is 21.7 Å². The van der Waals surface area contributed by atoms with Crippen LogP contribution in [-0.2, 0) is 11.2 Å². The molecule has 0 aromatic carbocycles. The molecule has 1 aliphatic carbocycles. The highest BCUT2D eigenvalue weighted by molar-refractivity contribution is 9.10. The van der Waals surface area contributed by atoms with Crippen LogP contribution in [0.5, 0.6) is 0 Å². The van der Waals surface area contributed by atoms with Gasteiger partial charge in [0.25, 0.3) is 0 Å². The van der Waals surface area contributed by atoms with E-state index in [0.29, 0.717) is 12.2 Å². The van der Waals surface area contributed by atoms with Crippen molar-refractivity contribution in [3.05, 3.63) is 28.5 Å². The topological polar surface area (TPSA) is 30.0 Å². The van der Waals surface area contributed by atoms with E-state index in [1.807, 2.05) is 12.1 Å². The van der Waals surface area contributed by atoms with E-state index in [4.69, 9.17) is 0 Å². The molecular formula is C12H14BrNO. The molecule has 0 aliphatic heterocycles. The van der Waals surface area contributed by atoms with Gasteiger partial charge in [-0.25, -0.2) is 0 Å². The molecule has 0 radical (unpaired) electrons. The van der Waals surface area contributed by atoms with Gasteiger partial charge in [-0.05, 0) is 39.9 Å². The number of carbonyl (C=O) groups excluding carboxylic acids is 1. The molecule has 1 atom stereocenters. The lowest BCUT2D eigenvalue weighted by molar-refractivity contribution is -0.120. The predicted molar refractivity (Wildman–Crippen MR) is 62.5 cm³/mol. The maximum atomic E-state index is 11.9. The van der Waals surface area contributed by atoms with Gasteiger partial charge in [0.1, 0.15) is 5.78 Å². The molecule has 1 fully saturated rings. The van der Waals surface area contributed by atoms with Crippen molar-refractivity contribution in [2.75, 3.05) is 0 Å². The number of ketones is 1. The molecule has 1 heterocycles. The summed E-state index contributed by atoms with van der Waals surface area (Å²) in [6.07, 6.45) is 3.21. The first kappa shape index (κ1) is 10.8. The summed E-state index contributed by atoms with van der Waals surface area (Å²) in [6, 6.07) is 3.78. The molecule has 1 aromatic rings. The number of halogens is 1. The number of hydrogen-bond acceptors (Lipinski definition) is 2. The van der Waals surface area contributed by atoms with Crippen molar-refractivity contribution < 1.29 is 4.79 Å². The number of pyridine rings is 1. The second-order valence-corrected chi connectivity index (χ2v) is 5.67. The first-order chi connectivity index (χ1) is 7.00. The molecule has 0 amide bonds. The number of aromatic nitrogens is 1. The molecular weight excluding hydrogens is 254 g/mol. The summed E-state index contributed by atoms with van der Waals surface area (Å²) in [5, 5.41) is 0. The molecule has 15 heavy (non-hydrogen) atoms. The van der Waals surface area contributed by atoms with Crippen LogP contribution in [-0.4, -0.2) is 10.8 Å². The largest absolute Gasteiger partial charge is 0.299 e. The molecule has 2 nitrogen and oxygen atoms in total. The van der Waals surface area contributed by atoms with E-state index in [2.05, 4.69) is 34.8 Å². The third kappa shape index (κ3) is 2.28. The summed E-state index contributed by atoms with van der Waals surface area (Å²) in [6.45, 7) is 4.28. The summed E-state index contributed by atoms with van der Waals surface area (Å²) >= 11 is 3.41. The number of hydrogen-bond donors (Lipinski definition) is 0. The van der Waals surface area contributed by atoms with E-state index in [9.17, 15) is 4.79 Å².